The molecule has 1 aromatic heterocycles. The third kappa shape index (κ3) is 3.24. The molecular weight excluding hydrogens is 412 g/mol. The molecule has 2 aromatic carbocycles. The van der Waals surface area contributed by atoms with Crippen molar-refractivity contribution in [1.29, 1.82) is 0 Å². The Kier molecular flexibility index (Phi) is 4.58. The third-order valence-electron chi connectivity index (χ3n) is 5.66. The number of aryl methyl sites for hydroxylation is 1. The summed E-state index contributed by atoms with van der Waals surface area (Å²) in [5.41, 5.74) is 3.44. The van der Waals surface area contributed by atoms with Crippen LogP contribution in [0.3, 0.4) is 0 Å². The minimum absolute atomic E-state index is 0.125. The highest BCUT2D eigenvalue weighted by Crippen LogP contribution is 2.34. The molecule has 0 aliphatic carbocycles. The predicted octanol–water partition coefficient (Wildman–Crippen LogP) is 2.75. The van der Waals surface area contributed by atoms with E-state index in [1.165, 1.54) is 0 Å². The fourth-order valence-corrected chi connectivity index (χ4v) is 3.91. The van der Waals surface area contributed by atoms with Gasteiger partial charge in [0.05, 0.1) is 0 Å². The maximum atomic E-state index is 12.9. The standard InChI is InChI=1S/C23H20N4O5/c1-13-16(15-5-3-4-6-18(15)26(13)2)10-17-22(29)27(23(30)25-17)11-21(28)24-14-7-8-19-20(9-14)32-12-31-19/h3-10H,11-12H2,1-2H3,(H,24,28)(H,25,30). The van der Waals surface area contributed by atoms with Gasteiger partial charge in [-0.15, -0.1) is 0 Å². The summed E-state index contributed by atoms with van der Waals surface area (Å²) in [4.78, 5) is 38.6. The van der Waals surface area contributed by atoms with Gasteiger partial charge in [0.25, 0.3) is 5.91 Å². The molecule has 32 heavy (non-hydrogen) atoms. The van der Waals surface area contributed by atoms with Crippen molar-refractivity contribution in [3.05, 3.63) is 59.4 Å². The summed E-state index contributed by atoms with van der Waals surface area (Å²) >= 11 is 0. The first kappa shape index (κ1) is 19.7. The molecule has 9 nitrogen and oxygen atoms in total. The van der Waals surface area contributed by atoms with Crippen LogP contribution in [0.4, 0.5) is 10.5 Å². The number of nitrogens with one attached hydrogen (secondary N) is 2. The van der Waals surface area contributed by atoms with Crippen LogP contribution >= 0.6 is 0 Å². The second-order valence-corrected chi connectivity index (χ2v) is 7.57. The van der Waals surface area contributed by atoms with E-state index in [0.717, 1.165) is 27.1 Å². The highest BCUT2D eigenvalue weighted by atomic mass is 16.7. The molecule has 0 atom stereocenters. The molecule has 2 N–H and O–H groups in total. The molecule has 3 aromatic rings. The molecule has 5 rings (SSSR count). The van der Waals surface area contributed by atoms with Crippen molar-refractivity contribution in [3.8, 4) is 11.5 Å². The first-order valence-electron chi connectivity index (χ1n) is 10.0. The maximum Gasteiger partial charge on any atom is 0.329 e. The predicted molar refractivity (Wildman–Crippen MR) is 117 cm³/mol. The Morgan fingerprint density at radius 2 is 1.94 bits per heavy atom. The van der Waals surface area contributed by atoms with Crippen LogP contribution in [-0.2, 0) is 16.6 Å². The molecule has 0 saturated carbocycles. The number of imide groups is 1. The number of para-hydroxylation sites is 1. The number of nitrogens with zero attached hydrogens (tertiary/aromatic N) is 2. The maximum absolute atomic E-state index is 12.9. The van der Waals surface area contributed by atoms with Gasteiger partial charge in [0.2, 0.25) is 12.7 Å². The lowest BCUT2D eigenvalue weighted by atomic mass is 10.1. The lowest BCUT2D eigenvalue weighted by molar-refractivity contribution is -0.127. The molecule has 162 valence electrons. The van der Waals surface area contributed by atoms with Crippen molar-refractivity contribution in [1.82, 2.24) is 14.8 Å². The Morgan fingerprint density at radius 1 is 1.16 bits per heavy atom. The normalized spacial score (nSPS) is 16.2. The van der Waals surface area contributed by atoms with Crippen molar-refractivity contribution in [2.45, 2.75) is 6.92 Å². The van der Waals surface area contributed by atoms with Gasteiger partial charge in [-0.25, -0.2) is 9.69 Å². The minimum Gasteiger partial charge on any atom is -0.454 e. The second kappa shape index (κ2) is 7.45. The van der Waals surface area contributed by atoms with E-state index in [2.05, 4.69) is 10.6 Å². The van der Waals surface area contributed by atoms with Crippen LogP contribution in [0.15, 0.2) is 48.2 Å². The van der Waals surface area contributed by atoms with Gasteiger partial charge >= 0.3 is 6.03 Å². The third-order valence-corrected chi connectivity index (χ3v) is 5.66. The summed E-state index contributed by atoms with van der Waals surface area (Å²) < 4.78 is 12.6. The van der Waals surface area contributed by atoms with Crippen LogP contribution < -0.4 is 20.1 Å². The number of amides is 4. The molecule has 0 unspecified atom stereocenters. The number of carbonyl (C=O) groups excluding carboxylic acids is 3. The van der Waals surface area contributed by atoms with E-state index in [9.17, 15) is 14.4 Å². The summed E-state index contributed by atoms with van der Waals surface area (Å²) in [6, 6.07) is 12.2. The van der Waals surface area contributed by atoms with Gasteiger partial charge in [-0.2, -0.15) is 0 Å². The van der Waals surface area contributed by atoms with Gasteiger partial charge in [0.1, 0.15) is 12.2 Å². The monoisotopic (exact) mass is 432 g/mol. The number of aromatic nitrogens is 1. The number of anilines is 1. The van der Waals surface area contributed by atoms with E-state index in [0.29, 0.717) is 17.2 Å². The van der Waals surface area contributed by atoms with Gasteiger partial charge in [-0.05, 0) is 31.2 Å². The van der Waals surface area contributed by atoms with Crippen LogP contribution in [0.25, 0.3) is 17.0 Å². The van der Waals surface area contributed by atoms with Crippen molar-refractivity contribution in [2.24, 2.45) is 7.05 Å². The SMILES string of the molecule is Cc1c(C=C2NC(=O)N(CC(=O)Nc3ccc4c(c3)OCO4)C2=O)c2ccccc2n1C. The summed E-state index contributed by atoms with van der Waals surface area (Å²) in [7, 11) is 1.95. The first-order valence-corrected chi connectivity index (χ1v) is 10.0. The smallest absolute Gasteiger partial charge is 0.329 e. The molecule has 0 spiro atoms. The molecule has 2 aliphatic rings. The topological polar surface area (TPSA) is 102 Å². The van der Waals surface area contributed by atoms with E-state index in [-0.39, 0.29) is 12.5 Å². The van der Waals surface area contributed by atoms with E-state index in [4.69, 9.17) is 9.47 Å². The zero-order valence-electron chi connectivity index (χ0n) is 17.5. The fourth-order valence-electron chi connectivity index (χ4n) is 3.91. The van der Waals surface area contributed by atoms with Crippen LogP contribution in [0.1, 0.15) is 11.3 Å². The Morgan fingerprint density at radius 3 is 2.78 bits per heavy atom. The number of hydrogen-bond donors (Lipinski definition) is 2. The second-order valence-electron chi connectivity index (χ2n) is 7.57. The van der Waals surface area contributed by atoms with E-state index < -0.39 is 24.4 Å². The molecule has 9 heteroatoms. The summed E-state index contributed by atoms with van der Waals surface area (Å²) in [5, 5.41) is 6.22. The zero-order chi connectivity index (χ0) is 22.4. The molecule has 1 fully saturated rings. The Labute approximate surface area is 183 Å². The molecule has 2 aliphatic heterocycles. The fraction of sp³-hybridized carbons (Fsp3) is 0.174. The van der Waals surface area contributed by atoms with E-state index in [1.54, 1.807) is 24.3 Å². The summed E-state index contributed by atoms with van der Waals surface area (Å²) in [6.07, 6.45) is 1.66. The highest BCUT2D eigenvalue weighted by Gasteiger charge is 2.35. The summed E-state index contributed by atoms with van der Waals surface area (Å²) in [6.45, 7) is 1.66. The number of carbonyl (C=O) groups is 3. The van der Waals surface area contributed by atoms with Gasteiger partial charge in [-0.3, -0.25) is 9.59 Å². The van der Waals surface area contributed by atoms with Crippen molar-refractivity contribution >= 4 is 40.5 Å². The molecule has 1 saturated heterocycles. The number of ether oxygens (including phenoxy) is 2. The average molecular weight is 432 g/mol. The number of rotatable bonds is 4. The summed E-state index contributed by atoms with van der Waals surface area (Å²) in [5.74, 6) is 0.0576. The van der Waals surface area contributed by atoms with E-state index >= 15 is 0 Å². The van der Waals surface area contributed by atoms with E-state index in [1.807, 2.05) is 42.8 Å². The van der Waals surface area contributed by atoms with Gasteiger partial charge < -0.3 is 24.7 Å². The lowest BCUT2D eigenvalue weighted by Gasteiger charge is -2.12. The highest BCUT2D eigenvalue weighted by molar-refractivity contribution is 6.16. The molecule has 4 amide bonds. The molecule has 0 radical (unpaired) electrons. The molecule has 0 bridgehead atoms. The quantitative estimate of drug-likeness (QED) is 0.488. The van der Waals surface area contributed by atoms with Gasteiger partial charge in [-0.1, -0.05) is 18.2 Å². The number of benzene rings is 2. The number of fused-ring (bicyclic) bond motifs is 2. The molecule has 3 heterocycles. The van der Waals surface area contributed by atoms with Crippen LogP contribution in [0, 0.1) is 6.92 Å². The average Bonchev–Trinajstić information content (AvgIpc) is 3.42. The zero-order valence-corrected chi connectivity index (χ0v) is 17.5. The van der Waals surface area contributed by atoms with Gasteiger partial charge in [0.15, 0.2) is 11.5 Å². The first-order chi connectivity index (χ1) is 15.4. The minimum atomic E-state index is -0.639. The van der Waals surface area contributed by atoms with Crippen LogP contribution in [-0.4, -0.2) is 40.7 Å². The Bertz CT molecular complexity index is 1320. The number of urea groups is 1. The van der Waals surface area contributed by atoms with Gasteiger partial charge in [0, 0.05) is 41.0 Å². The largest absolute Gasteiger partial charge is 0.454 e. The Balaban J connectivity index is 1.34. The van der Waals surface area contributed by atoms with Crippen molar-refractivity contribution < 1.29 is 23.9 Å². The number of hydrogen-bond acceptors (Lipinski definition) is 5. The van der Waals surface area contributed by atoms with Crippen LogP contribution in [0.2, 0.25) is 0 Å². The van der Waals surface area contributed by atoms with Crippen molar-refractivity contribution in [2.75, 3.05) is 18.7 Å². The lowest BCUT2D eigenvalue weighted by Crippen LogP contribution is -2.38. The van der Waals surface area contributed by atoms with Crippen LogP contribution in [0.5, 0.6) is 11.5 Å². The van der Waals surface area contributed by atoms with Crippen molar-refractivity contribution in [3.63, 3.8) is 0 Å². The Hall–Kier alpha value is -4.27. The molecular formula is C23H20N4O5.